The lowest BCUT2D eigenvalue weighted by atomic mass is 9.74. The standard InChI is InChI=1S/C15H26O/c1-15(2,3)13(10-12-6-7-12)14(16)9-8-11-4-5-11/h11-13H,4-10H2,1-3H3. The zero-order valence-corrected chi connectivity index (χ0v) is 11.1. The predicted molar refractivity (Wildman–Crippen MR) is 67.3 cm³/mol. The number of hydrogen-bond acceptors (Lipinski definition) is 1. The van der Waals surface area contributed by atoms with Gasteiger partial charge in [-0.1, -0.05) is 46.5 Å². The van der Waals surface area contributed by atoms with E-state index in [4.69, 9.17) is 0 Å². The minimum Gasteiger partial charge on any atom is -0.299 e. The van der Waals surface area contributed by atoms with Gasteiger partial charge >= 0.3 is 0 Å². The van der Waals surface area contributed by atoms with Crippen molar-refractivity contribution < 1.29 is 4.79 Å². The van der Waals surface area contributed by atoms with Gasteiger partial charge in [-0.15, -0.1) is 0 Å². The molecule has 0 amide bonds. The van der Waals surface area contributed by atoms with Gasteiger partial charge in [0.2, 0.25) is 0 Å². The molecule has 0 heterocycles. The van der Waals surface area contributed by atoms with Crippen LogP contribution in [0, 0.1) is 23.2 Å². The molecule has 0 aromatic heterocycles. The van der Waals surface area contributed by atoms with E-state index in [-0.39, 0.29) is 5.41 Å². The summed E-state index contributed by atoms with van der Waals surface area (Å²) in [6.45, 7) is 6.69. The van der Waals surface area contributed by atoms with Crippen molar-refractivity contribution in [3.8, 4) is 0 Å². The Morgan fingerprint density at radius 3 is 2.12 bits per heavy atom. The van der Waals surface area contributed by atoms with Gasteiger partial charge in [0.15, 0.2) is 0 Å². The molecule has 2 fully saturated rings. The summed E-state index contributed by atoms with van der Waals surface area (Å²) in [5.74, 6) is 2.63. The lowest BCUT2D eigenvalue weighted by Gasteiger charge is -2.29. The molecule has 2 aliphatic rings. The Morgan fingerprint density at radius 1 is 1.12 bits per heavy atom. The van der Waals surface area contributed by atoms with Crippen LogP contribution in [0.15, 0.2) is 0 Å². The molecule has 0 aromatic carbocycles. The first-order chi connectivity index (χ1) is 7.47. The van der Waals surface area contributed by atoms with E-state index in [0.29, 0.717) is 11.7 Å². The highest BCUT2D eigenvalue weighted by Crippen LogP contribution is 2.42. The summed E-state index contributed by atoms with van der Waals surface area (Å²) in [6, 6.07) is 0. The van der Waals surface area contributed by atoms with E-state index in [1.807, 2.05) is 0 Å². The number of hydrogen-bond donors (Lipinski definition) is 0. The molecular formula is C15H26O. The van der Waals surface area contributed by atoms with Crippen molar-refractivity contribution in [1.29, 1.82) is 0 Å². The summed E-state index contributed by atoms with van der Waals surface area (Å²) in [4.78, 5) is 12.3. The minimum absolute atomic E-state index is 0.170. The Balaban J connectivity index is 1.84. The third-order valence-corrected chi connectivity index (χ3v) is 4.20. The topological polar surface area (TPSA) is 17.1 Å². The van der Waals surface area contributed by atoms with Crippen molar-refractivity contribution in [3.63, 3.8) is 0 Å². The number of Topliss-reactive ketones (excluding diaryl/α,β-unsaturated/α-hetero) is 1. The highest BCUT2D eigenvalue weighted by Gasteiger charge is 2.36. The van der Waals surface area contributed by atoms with E-state index in [9.17, 15) is 4.79 Å². The third-order valence-electron chi connectivity index (χ3n) is 4.20. The summed E-state index contributed by atoms with van der Waals surface area (Å²) in [6.07, 6.45) is 8.64. The van der Waals surface area contributed by atoms with Crippen molar-refractivity contribution in [2.45, 2.75) is 65.7 Å². The highest BCUT2D eigenvalue weighted by atomic mass is 16.1. The summed E-state index contributed by atoms with van der Waals surface area (Å²) < 4.78 is 0. The van der Waals surface area contributed by atoms with Gasteiger partial charge in [-0.25, -0.2) is 0 Å². The van der Waals surface area contributed by atoms with Crippen LogP contribution < -0.4 is 0 Å². The quantitative estimate of drug-likeness (QED) is 0.658. The highest BCUT2D eigenvalue weighted by molar-refractivity contribution is 5.81. The summed E-state index contributed by atoms with van der Waals surface area (Å²) in [5, 5.41) is 0. The van der Waals surface area contributed by atoms with E-state index in [1.165, 1.54) is 25.7 Å². The van der Waals surface area contributed by atoms with Crippen molar-refractivity contribution in [3.05, 3.63) is 0 Å². The summed E-state index contributed by atoms with van der Waals surface area (Å²) >= 11 is 0. The van der Waals surface area contributed by atoms with Crippen molar-refractivity contribution in [2.24, 2.45) is 23.2 Å². The van der Waals surface area contributed by atoms with Gasteiger partial charge in [0.1, 0.15) is 5.78 Å². The number of ketones is 1. The van der Waals surface area contributed by atoms with Gasteiger partial charge in [0, 0.05) is 12.3 Å². The van der Waals surface area contributed by atoms with Gasteiger partial charge in [0.05, 0.1) is 0 Å². The zero-order chi connectivity index (χ0) is 11.8. The molecular weight excluding hydrogens is 196 g/mol. The molecule has 0 saturated heterocycles. The predicted octanol–water partition coefficient (Wildman–Crippen LogP) is 4.21. The Hall–Kier alpha value is -0.330. The van der Waals surface area contributed by atoms with Gasteiger partial charge in [-0.05, 0) is 30.1 Å². The molecule has 1 atom stereocenters. The Bertz CT molecular complexity index is 253. The SMILES string of the molecule is CC(C)(C)C(CC1CC1)C(=O)CCC1CC1. The molecule has 16 heavy (non-hydrogen) atoms. The average Bonchev–Trinajstić information content (AvgIpc) is 3.01. The first-order valence-corrected chi connectivity index (χ1v) is 6.99. The van der Waals surface area contributed by atoms with Crippen LogP contribution in [-0.4, -0.2) is 5.78 Å². The molecule has 0 bridgehead atoms. The van der Waals surface area contributed by atoms with Crippen molar-refractivity contribution in [1.82, 2.24) is 0 Å². The van der Waals surface area contributed by atoms with Crippen LogP contribution in [-0.2, 0) is 4.79 Å². The molecule has 92 valence electrons. The molecule has 1 unspecified atom stereocenters. The number of carbonyl (C=O) groups excluding carboxylic acids is 1. The van der Waals surface area contributed by atoms with Crippen LogP contribution in [0.4, 0.5) is 0 Å². The van der Waals surface area contributed by atoms with Crippen LogP contribution in [0.5, 0.6) is 0 Å². The molecule has 2 saturated carbocycles. The smallest absolute Gasteiger partial charge is 0.136 e. The normalized spacial score (nSPS) is 23.2. The van der Waals surface area contributed by atoms with E-state index < -0.39 is 0 Å². The molecule has 1 heteroatoms. The molecule has 0 radical (unpaired) electrons. The van der Waals surface area contributed by atoms with E-state index in [2.05, 4.69) is 20.8 Å². The van der Waals surface area contributed by atoms with Gasteiger partial charge < -0.3 is 0 Å². The molecule has 1 nitrogen and oxygen atoms in total. The van der Waals surface area contributed by atoms with Gasteiger partial charge in [0.25, 0.3) is 0 Å². The Labute approximate surface area is 100.0 Å². The lowest BCUT2D eigenvalue weighted by molar-refractivity contribution is -0.126. The number of rotatable bonds is 6. The molecule has 0 spiro atoms. The fourth-order valence-corrected chi connectivity index (χ4v) is 2.58. The second kappa shape index (κ2) is 4.50. The summed E-state index contributed by atoms with van der Waals surface area (Å²) in [7, 11) is 0. The third kappa shape index (κ3) is 3.61. The Kier molecular flexibility index (Phi) is 3.42. The first kappa shape index (κ1) is 12.1. The molecule has 2 rings (SSSR count). The van der Waals surface area contributed by atoms with Crippen molar-refractivity contribution >= 4 is 5.78 Å². The molecule has 2 aliphatic carbocycles. The van der Waals surface area contributed by atoms with Crippen molar-refractivity contribution in [2.75, 3.05) is 0 Å². The minimum atomic E-state index is 0.170. The van der Waals surface area contributed by atoms with E-state index in [0.717, 1.165) is 31.1 Å². The Morgan fingerprint density at radius 2 is 1.69 bits per heavy atom. The van der Waals surface area contributed by atoms with E-state index in [1.54, 1.807) is 0 Å². The fourth-order valence-electron chi connectivity index (χ4n) is 2.58. The second-order valence-electron chi connectivity index (χ2n) is 7.05. The van der Waals surface area contributed by atoms with Crippen LogP contribution in [0.25, 0.3) is 0 Å². The maximum atomic E-state index is 12.3. The average molecular weight is 222 g/mol. The lowest BCUT2D eigenvalue weighted by Crippen LogP contribution is -2.29. The molecule has 0 N–H and O–H groups in total. The van der Waals surface area contributed by atoms with Gasteiger partial charge in [-0.2, -0.15) is 0 Å². The van der Waals surface area contributed by atoms with Crippen LogP contribution in [0.3, 0.4) is 0 Å². The monoisotopic (exact) mass is 222 g/mol. The van der Waals surface area contributed by atoms with Crippen LogP contribution in [0.1, 0.15) is 65.7 Å². The first-order valence-electron chi connectivity index (χ1n) is 6.99. The second-order valence-corrected chi connectivity index (χ2v) is 7.05. The molecule has 0 aliphatic heterocycles. The summed E-state index contributed by atoms with van der Waals surface area (Å²) in [5.41, 5.74) is 0.170. The zero-order valence-electron chi connectivity index (χ0n) is 11.1. The largest absolute Gasteiger partial charge is 0.299 e. The van der Waals surface area contributed by atoms with Crippen LogP contribution >= 0.6 is 0 Å². The molecule has 0 aromatic rings. The maximum absolute atomic E-state index is 12.3. The van der Waals surface area contributed by atoms with Crippen LogP contribution in [0.2, 0.25) is 0 Å². The maximum Gasteiger partial charge on any atom is 0.136 e. The van der Waals surface area contributed by atoms with E-state index >= 15 is 0 Å². The number of carbonyl (C=O) groups is 1. The fraction of sp³-hybridized carbons (Fsp3) is 0.933. The van der Waals surface area contributed by atoms with Gasteiger partial charge in [-0.3, -0.25) is 4.79 Å².